The van der Waals surface area contributed by atoms with Gasteiger partial charge in [0.2, 0.25) is 10.0 Å². The standard InChI is InChI=1S/C23H21BrClFN2O4S/c1-3-32-22-11-4-15(23(29)27-21-10-5-17(24)13-20(21)26)12-16(22)14-28(2)33(30,31)19-8-6-18(25)7-9-19/h4-13H,3,14H2,1-2H3,(H,27,29). The third-order valence-electron chi connectivity index (χ3n) is 4.72. The second kappa shape index (κ2) is 10.6. The summed E-state index contributed by atoms with van der Waals surface area (Å²) >= 11 is 9.03. The molecule has 174 valence electrons. The largest absolute Gasteiger partial charge is 0.494 e. The molecule has 6 nitrogen and oxygen atoms in total. The van der Waals surface area contributed by atoms with Crippen molar-refractivity contribution in [3.63, 3.8) is 0 Å². The molecule has 0 aliphatic heterocycles. The van der Waals surface area contributed by atoms with Crippen molar-refractivity contribution in [3.05, 3.63) is 87.1 Å². The Balaban J connectivity index is 1.88. The highest BCUT2D eigenvalue weighted by molar-refractivity contribution is 9.10. The third kappa shape index (κ3) is 6.11. The van der Waals surface area contributed by atoms with Crippen molar-refractivity contribution >= 4 is 49.1 Å². The summed E-state index contributed by atoms with van der Waals surface area (Å²) in [6.07, 6.45) is 0. The SMILES string of the molecule is CCOc1ccc(C(=O)Nc2ccc(Br)cc2F)cc1CN(C)S(=O)(=O)c1ccc(Cl)cc1. The molecule has 3 aromatic carbocycles. The van der Waals surface area contributed by atoms with E-state index in [1.54, 1.807) is 19.1 Å². The second-order valence-corrected chi connectivity index (χ2v) is 10.4. The van der Waals surface area contributed by atoms with Crippen LogP contribution in [0.4, 0.5) is 10.1 Å². The lowest BCUT2D eigenvalue weighted by molar-refractivity contribution is 0.102. The van der Waals surface area contributed by atoms with E-state index in [0.717, 1.165) is 4.31 Å². The van der Waals surface area contributed by atoms with Gasteiger partial charge < -0.3 is 10.1 Å². The van der Waals surface area contributed by atoms with Crippen molar-refractivity contribution in [2.45, 2.75) is 18.4 Å². The van der Waals surface area contributed by atoms with Gasteiger partial charge in [-0.25, -0.2) is 12.8 Å². The van der Waals surface area contributed by atoms with E-state index < -0.39 is 21.7 Å². The van der Waals surface area contributed by atoms with E-state index in [-0.39, 0.29) is 22.7 Å². The number of benzene rings is 3. The third-order valence-corrected chi connectivity index (χ3v) is 7.28. The number of hydrogen-bond acceptors (Lipinski definition) is 4. The molecule has 3 rings (SSSR count). The molecular formula is C23H21BrClFN2O4S. The summed E-state index contributed by atoms with van der Waals surface area (Å²) in [6, 6.07) is 14.8. The van der Waals surface area contributed by atoms with Crippen LogP contribution in [0.2, 0.25) is 5.02 Å². The maximum Gasteiger partial charge on any atom is 0.255 e. The zero-order valence-corrected chi connectivity index (χ0v) is 21.0. The number of rotatable bonds is 8. The van der Waals surface area contributed by atoms with Gasteiger partial charge in [-0.2, -0.15) is 4.31 Å². The summed E-state index contributed by atoms with van der Waals surface area (Å²) in [4.78, 5) is 12.8. The Bertz CT molecular complexity index is 1270. The van der Waals surface area contributed by atoms with E-state index in [9.17, 15) is 17.6 Å². The zero-order chi connectivity index (χ0) is 24.2. The van der Waals surface area contributed by atoms with Crippen LogP contribution in [0.3, 0.4) is 0 Å². The number of amides is 1. The van der Waals surface area contributed by atoms with Gasteiger partial charge in [-0.1, -0.05) is 27.5 Å². The van der Waals surface area contributed by atoms with Crippen molar-refractivity contribution in [1.29, 1.82) is 0 Å². The summed E-state index contributed by atoms with van der Waals surface area (Å²) in [5.74, 6) is -0.677. The van der Waals surface area contributed by atoms with Crippen molar-refractivity contribution in [3.8, 4) is 5.75 Å². The minimum Gasteiger partial charge on any atom is -0.494 e. The lowest BCUT2D eigenvalue weighted by Gasteiger charge is -2.20. The average molecular weight is 556 g/mol. The summed E-state index contributed by atoms with van der Waals surface area (Å²) < 4.78 is 47.4. The van der Waals surface area contributed by atoms with Crippen LogP contribution < -0.4 is 10.1 Å². The Morgan fingerprint density at radius 1 is 1.12 bits per heavy atom. The van der Waals surface area contributed by atoms with E-state index in [1.807, 2.05) is 0 Å². The molecule has 0 radical (unpaired) electrons. The van der Waals surface area contributed by atoms with Gasteiger partial charge in [-0.3, -0.25) is 4.79 Å². The smallest absolute Gasteiger partial charge is 0.255 e. The van der Waals surface area contributed by atoms with Gasteiger partial charge in [0.1, 0.15) is 11.6 Å². The van der Waals surface area contributed by atoms with Crippen LogP contribution in [0.5, 0.6) is 5.75 Å². The monoisotopic (exact) mass is 554 g/mol. The molecule has 33 heavy (non-hydrogen) atoms. The number of ether oxygens (including phenoxy) is 1. The van der Waals surface area contributed by atoms with Crippen molar-refractivity contribution < 1.29 is 22.3 Å². The lowest BCUT2D eigenvalue weighted by Crippen LogP contribution is -2.27. The molecule has 0 aliphatic rings. The first-order valence-electron chi connectivity index (χ1n) is 9.86. The van der Waals surface area contributed by atoms with E-state index in [4.69, 9.17) is 16.3 Å². The van der Waals surface area contributed by atoms with Gasteiger partial charge in [0.05, 0.1) is 17.2 Å². The Labute approximate surface area is 205 Å². The molecule has 0 aromatic heterocycles. The normalized spacial score (nSPS) is 11.5. The number of sulfonamides is 1. The van der Waals surface area contributed by atoms with E-state index in [0.29, 0.717) is 27.4 Å². The fraction of sp³-hybridized carbons (Fsp3) is 0.174. The van der Waals surface area contributed by atoms with Crippen molar-refractivity contribution in [2.75, 3.05) is 19.0 Å². The van der Waals surface area contributed by atoms with E-state index >= 15 is 0 Å². The molecule has 1 amide bonds. The number of halogens is 3. The first kappa shape index (κ1) is 25.2. The first-order chi connectivity index (χ1) is 15.6. The molecule has 0 bridgehead atoms. The average Bonchev–Trinajstić information content (AvgIpc) is 2.77. The number of nitrogens with one attached hydrogen (secondary N) is 1. The molecule has 1 N–H and O–H groups in total. The van der Waals surface area contributed by atoms with Gasteiger partial charge in [0.25, 0.3) is 5.91 Å². The molecule has 0 saturated heterocycles. The maximum atomic E-state index is 14.1. The highest BCUT2D eigenvalue weighted by atomic mass is 79.9. The number of anilines is 1. The van der Waals surface area contributed by atoms with Gasteiger partial charge in [-0.05, 0) is 67.6 Å². The number of carbonyl (C=O) groups excluding carboxylic acids is 1. The van der Waals surface area contributed by atoms with Gasteiger partial charge in [0.15, 0.2) is 0 Å². The van der Waals surface area contributed by atoms with Crippen molar-refractivity contribution in [2.24, 2.45) is 0 Å². The summed E-state index contributed by atoms with van der Waals surface area (Å²) in [5.41, 5.74) is 0.745. The Hall–Kier alpha value is -2.46. The van der Waals surface area contributed by atoms with Crippen LogP contribution in [0.1, 0.15) is 22.8 Å². The molecule has 0 aliphatic carbocycles. The van der Waals surface area contributed by atoms with Crippen LogP contribution in [0.15, 0.2) is 70.0 Å². The van der Waals surface area contributed by atoms with E-state index in [2.05, 4.69) is 21.2 Å². The maximum absolute atomic E-state index is 14.1. The van der Waals surface area contributed by atoms with Gasteiger partial charge in [-0.15, -0.1) is 0 Å². The van der Waals surface area contributed by atoms with Gasteiger partial charge >= 0.3 is 0 Å². The fourth-order valence-corrected chi connectivity index (χ4v) is 4.65. The molecule has 0 spiro atoms. The zero-order valence-electron chi connectivity index (χ0n) is 17.8. The number of hydrogen-bond donors (Lipinski definition) is 1. The molecule has 0 heterocycles. The highest BCUT2D eigenvalue weighted by Gasteiger charge is 2.23. The molecule has 0 unspecified atom stereocenters. The summed E-state index contributed by atoms with van der Waals surface area (Å²) in [6.45, 7) is 2.11. The van der Waals surface area contributed by atoms with Crippen LogP contribution in [0, 0.1) is 5.82 Å². The van der Waals surface area contributed by atoms with Crippen molar-refractivity contribution in [1.82, 2.24) is 4.31 Å². The molecule has 3 aromatic rings. The minimum absolute atomic E-state index is 0.0288. The predicted octanol–water partition coefficient (Wildman–Crippen LogP) is 5.71. The quantitative estimate of drug-likeness (QED) is 0.386. The molecule has 0 fully saturated rings. The molecule has 0 saturated carbocycles. The topological polar surface area (TPSA) is 75.7 Å². The first-order valence-corrected chi connectivity index (χ1v) is 12.5. The molecule has 0 atom stereocenters. The Kier molecular flexibility index (Phi) is 8.12. The number of nitrogens with zero attached hydrogens (tertiary/aromatic N) is 1. The fourth-order valence-electron chi connectivity index (χ4n) is 3.04. The van der Waals surface area contributed by atoms with Crippen LogP contribution in [0.25, 0.3) is 0 Å². The van der Waals surface area contributed by atoms with Crippen LogP contribution >= 0.6 is 27.5 Å². The Morgan fingerprint density at radius 3 is 2.45 bits per heavy atom. The number of carbonyl (C=O) groups is 1. The molecular weight excluding hydrogens is 535 g/mol. The van der Waals surface area contributed by atoms with E-state index in [1.165, 1.54) is 55.6 Å². The minimum atomic E-state index is -3.81. The predicted molar refractivity (Wildman–Crippen MR) is 130 cm³/mol. The van der Waals surface area contributed by atoms with Crippen LogP contribution in [-0.2, 0) is 16.6 Å². The van der Waals surface area contributed by atoms with Crippen LogP contribution in [-0.4, -0.2) is 32.3 Å². The Morgan fingerprint density at radius 2 is 1.82 bits per heavy atom. The summed E-state index contributed by atoms with van der Waals surface area (Å²) in [5, 5.41) is 2.95. The highest BCUT2D eigenvalue weighted by Crippen LogP contribution is 2.26. The summed E-state index contributed by atoms with van der Waals surface area (Å²) in [7, 11) is -2.38. The second-order valence-electron chi connectivity index (χ2n) is 7.05. The molecule has 10 heteroatoms. The lowest BCUT2D eigenvalue weighted by atomic mass is 10.1. The van der Waals surface area contributed by atoms with Gasteiger partial charge in [0, 0.05) is 34.2 Å².